The van der Waals surface area contributed by atoms with Gasteiger partial charge in [-0.25, -0.2) is 0 Å². The predicted octanol–water partition coefficient (Wildman–Crippen LogP) is 2.76. The normalized spacial score (nSPS) is 19.8. The Labute approximate surface area is 90.4 Å². The van der Waals surface area contributed by atoms with Gasteiger partial charge in [-0.2, -0.15) is 0 Å². The maximum Gasteiger partial charge on any atom is 0.142 e. The second-order valence-electron chi connectivity index (χ2n) is 2.96. The monoisotopic (exact) mass is 261 g/mol. The molecule has 0 amide bonds. The molecule has 13 heavy (non-hydrogen) atoms. The SMILES string of the molecule is CNC1COc2c(Cl)cc(Br)cc21. The topological polar surface area (TPSA) is 21.3 Å². The maximum atomic E-state index is 6.01. The van der Waals surface area contributed by atoms with Crippen molar-refractivity contribution in [3.8, 4) is 5.75 Å². The van der Waals surface area contributed by atoms with Gasteiger partial charge in [-0.15, -0.1) is 0 Å². The third-order valence-corrected chi connectivity index (χ3v) is 2.89. The molecule has 0 aromatic heterocycles. The van der Waals surface area contributed by atoms with E-state index in [1.807, 2.05) is 19.2 Å². The zero-order chi connectivity index (χ0) is 9.42. The highest BCUT2D eigenvalue weighted by molar-refractivity contribution is 9.10. The Morgan fingerprint density at radius 2 is 2.38 bits per heavy atom. The number of halogens is 2. The molecule has 0 spiro atoms. The van der Waals surface area contributed by atoms with Gasteiger partial charge in [-0.05, 0) is 19.2 Å². The molecule has 1 N–H and O–H groups in total. The summed E-state index contributed by atoms with van der Waals surface area (Å²) in [6, 6.07) is 4.14. The summed E-state index contributed by atoms with van der Waals surface area (Å²) in [4.78, 5) is 0. The average molecular weight is 263 g/mol. The van der Waals surface area contributed by atoms with Gasteiger partial charge in [0.05, 0.1) is 11.1 Å². The third kappa shape index (κ3) is 1.56. The van der Waals surface area contributed by atoms with E-state index in [1.165, 1.54) is 0 Å². The van der Waals surface area contributed by atoms with E-state index in [4.69, 9.17) is 16.3 Å². The minimum absolute atomic E-state index is 0.255. The minimum atomic E-state index is 0.255. The molecule has 1 unspecified atom stereocenters. The van der Waals surface area contributed by atoms with Crippen LogP contribution in [-0.2, 0) is 0 Å². The van der Waals surface area contributed by atoms with E-state index in [2.05, 4.69) is 21.2 Å². The second-order valence-corrected chi connectivity index (χ2v) is 4.28. The summed E-state index contributed by atoms with van der Waals surface area (Å²) in [5.74, 6) is 0.809. The highest BCUT2D eigenvalue weighted by Gasteiger charge is 2.25. The van der Waals surface area contributed by atoms with Crippen molar-refractivity contribution >= 4 is 27.5 Å². The fourth-order valence-electron chi connectivity index (χ4n) is 1.49. The van der Waals surface area contributed by atoms with Gasteiger partial charge >= 0.3 is 0 Å². The van der Waals surface area contributed by atoms with E-state index in [0.29, 0.717) is 11.6 Å². The molecule has 0 saturated carbocycles. The molecule has 2 rings (SSSR count). The molecule has 0 radical (unpaired) electrons. The number of hydrogen-bond donors (Lipinski definition) is 1. The third-order valence-electron chi connectivity index (χ3n) is 2.16. The first-order chi connectivity index (χ1) is 6.22. The summed E-state index contributed by atoms with van der Waals surface area (Å²) in [6.45, 7) is 0.655. The molecule has 1 aliphatic rings. The molecule has 1 aliphatic heterocycles. The van der Waals surface area contributed by atoms with Crippen molar-refractivity contribution in [3.63, 3.8) is 0 Å². The van der Waals surface area contributed by atoms with Crippen LogP contribution in [0.2, 0.25) is 5.02 Å². The summed E-state index contributed by atoms with van der Waals surface area (Å²) in [6.07, 6.45) is 0. The Morgan fingerprint density at radius 1 is 1.62 bits per heavy atom. The van der Waals surface area contributed by atoms with Crippen LogP contribution in [0.5, 0.6) is 5.75 Å². The largest absolute Gasteiger partial charge is 0.490 e. The highest BCUT2D eigenvalue weighted by Crippen LogP contribution is 2.40. The van der Waals surface area contributed by atoms with E-state index in [1.54, 1.807) is 0 Å². The average Bonchev–Trinajstić information content (AvgIpc) is 2.47. The summed E-state index contributed by atoms with van der Waals surface area (Å²) >= 11 is 9.42. The molecule has 1 atom stereocenters. The molecule has 0 aliphatic carbocycles. The Bertz CT molecular complexity index is 343. The van der Waals surface area contributed by atoms with Crippen LogP contribution in [0.3, 0.4) is 0 Å². The van der Waals surface area contributed by atoms with Crippen molar-refractivity contribution in [2.75, 3.05) is 13.7 Å². The highest BCUT2D eigenvalue weighted by atomic mass is 79.9. The van der Waals surface area contributed by atoms with Crippen LogP contribution < -0.4 is 10.1 Å². The molecule has 2 nitrogen and oxygen atoms in total. The maximum absolute atomic E-state index is 6.01. The first-order valence-corrected chi connectivity index (χ1v) is 5.18. The molecular formula is C9H9BrClNO. The lowest BCUT2D eigenvalue weighted by Gasteiger charge is -2.06. The van der Waals surface area contributed by atoms with Crippen LogP contribution in [0.25, 0.3) is 0 Å². The van der Waals surface area contributed by atoms with Gasteiger partial charge in [0.15, 0.2) is 0 Å². The van der Waals surface area contributed by atoms with Gasteiger partial charge < -0.3 is 10.1 Å². The summed E-state index contributed by atoms with van der Waals surface area (Å²) in [5.41, 5.74) is 1.13. The van der Waals surface area contributed by atoms with Crippen molar-refractivity contribution in [3.05, 3.63) is 27.2 Å². The molecule has 1 aromatic rings. The number of rotatable bonds is 1. The van der Waals surface area contributed by atoms with E-state index in [0.717, 1.165) is 15.8 Å². The van der Waals surface area contributed by atoms with E-state index in [-0.39, 0.29) is 6.04 Å². The number of fused-ring (bicyclic) bond motifs is 1. The van der Waals surface area contributed by atoms with Crippen LogP contribution >= 0.6 is 27.5 Å². The molecule has 0 fully saturated rings. The minimum Gasteiger partial charge on any atom is -0.490 e. The lowest BCUT2D eigenvalue weighted by molar-refractivity contribution is 0.318. The van der Waals surface area contributed by atoms with Crippen LogP contribution in [-0.4, -0.2) is 13.7 Å². The molecule has 0 saturated heterocycles. The molecular weight excluding hydrogens is 253 g/mol. The number of nitrogens with one attached hydrogen (secondary N) is 1. The van der Waals surface area contributed by atoms with Crippen LogP contribution in [0, 0.1) is 0 Å². The lowest BCUT2D eigenvalue weighted by Crippen LogP contribution is -2.17. The zero-order valence-electron chi connectivity index (χ0n) is 7.10. The number of hydrogen-bond acceptors (Lipinski definition) is 2. The van der Waals surface area contributed by atoms with Gasteiger partial charge in [0, 0.05) is 10.0 Å². The number of benzene rings is 1. The quantitative estimate of drug-likeness (QED) is 0.840. The standard InChI is InChI=1S/C9H9BrClNO/c1-12-8-4-13-9-6(8)2-5(10)3-7(9)11/h2-3,8,12H,4H2,1H3. The molecule has 70 valence electrons. The summed E-state index contributed by atoms with van der Waals surface area (Å²) in [5, 5.41) is 3.84. The fourth-order valence-corrected chi connectivity index (χ4v) is 2.38. The van der Waals surface area contributed by atoms with Gasteiger partial charge in [0.1, 0.15) is 12.4 Å². The Hall–Kier alpha value is -0.250. The zero-order valence-corrected chi connectivity index (χ0v) is 9.45. The van der Waals surface area contributed by atoms with Crippen LogP contribution in [0.15, 0.2) is 16.6 Å². The van der Waals surface area contributed by atoms with Gasteiger partial charge in [0.2, 0.25) is 0 Å². The van der Waals surface area contributed by atoms with Crippen molar-refractivity contribution in [1.82, 2.24) is 5.32 Å². The Kier molecular flexibility index (Phi) is 2.49. The number of ether oxygens (including phenoxy) is 1. The summed E-state index contributed by atoms with van der Waals surface area (Å²) in [7, 11) is 1.91. The fraction of sp³-hybridized carbons (Fsp3) is 0.333. The van der Waals surface area contributed by atoms with Gasteiger partial charge in [-0.1, -0.05) is 27.5 Å². The lowest BCUT2D eigenvalue weighted by atomic mass is 10.1. The summed E-state index contributed by atoms with van der Waals surface area (Å²) < 4.78 is 6.46. The van der Waals surface area contributed by atoms with Gasteiger partial charge in [0.25, 0.3) is 0 Å². The molecule has 1 heterocycles. The molecule has 0 bridgehead atoms. The van der Waals surface area contributed by atoms with Gasteiger partial charge in [-0.3, -0.25) is 0 Å². The van der Waals surface area contributed by atoms with E-state index >= 15 is 0 Å². The van der Waals surface area contributed by atoms with Crippen LogP contribution in [0.1, 0.15) is 11.6 Å². The predicted molar refractivity (Wildman–Crippen MR) is 56.4 cm³/mol. The van der Waals surface area contributed by atoms with Crippen molar-refractivity contribution < 1.29 is 4.74 Å². The Balaban J connectivity index is 2.51. The first-order valence-electron chi connectivity index (χ1n) is 4.01. The first kappa shape index (κ1) is 9.31. The second kappa shape index (κ2) is 3.48. The Morgan fingerprint density at radius 3 is 3.08 bits per heavy atom. The van der Waals surface area contributed by atoms with E-state index in [9.17, 15) is 0 Å². The smallest absolute Gasteiger partial charge is 0.142 e. The van der Waals surface area contributed by atoms with Crippen molar-refractivity contribution in [1.29, 1.82) is 0 Å². The van der Waals surface area contributed by atoms with Crippen molar-refractivity contribution in [2.24, 2.45) is 0 Å². The van der Waals surface area contributed by atoms with E-state index < -0.39 is 0 Å². The van der Waals surface area contributed by atoms with Crippen molar-refractivity contribution in [2.45, 2.75) is 6.04 Å². The van der Waals surface area contributed by atoms with Crippen LogP contribution in [0.4, 0.5) is 0 Å². The number of likely N-dealkylation sites (N-methyl/N-ethyl adjacent to an activating group) is 1. The molecule has 4 heteroatoms. The molecule has 1 aromatic carbocycles.